The van der Waals surface area contributed by atoms with Crippen molar-refractivity contribution in [2.75, 3.05) is 13.1 Å². The Balaban J connectivity index is 1.48. The molecule has 2 saturated carbocycles. The van der Waals surface area contributed by atoms with Crippen LogP contribution in [0.1, 0.15) is 50.2 Å². The van der Waals surface area contributed by atoms with Crippen LogP contribution in [0.2, 0.25) is 0 Å². The highest BCUT2D eigenvalue weighted by Gasteiger charge is 2.47. The van der Waals surface area contributed by atoms with E-state index in [9.17, 15) is 0 Å². The minimum absolute atomic E-state index is 0.675. The molecular weight excluding hydrogens is 212 g/mol. The number of oxazole rings is 1. The van der Waals surface area contributed by atoms with E-state index in [-0.39, 0.29) is 0 Å². The van der Waals surface area contributed by atoms with Crippen molar-refractivity contribution in [3.05, 3.63) is 17.8 Å². The van der Waals surface area contributed by atoms with Crippen molar-refractivity contribution in [2.24, 2.45) is 11.8 Å². The van der Waals surface area contributed by atoms with E-state index < -0.39 is 0 Å². The SMILES string of the molecule is CCNCCCc1ncc(C2CC3CC3C2)o1. The van der Waals surface area contributed by atoms with Gasteiger partial charge in [0.25, 0.3) is 0 Å². The van der Waals surface area contributed by atoms with Crippen molar-refractivity contribution >= 4 is 0 Å². The average Bonchev–Trinajstić information content (AvgIpc) is 2.81. The molecule has 1 N–H and O–H groups in total. The smallest absolute Gasteiger partial charge is 0.194 e. The molecule has 0 saturated heterocycles. The Morgan fingerprint density at radius 3 is 2.94 bits per heavy atom. The second-order valence-electron chi connectivity index (χ2n) is 5.54. The molecule has 2 unspecified atom stereocenters. The van der Waals surface area contributed by atoms with Gasteiger partial charge in [-0.2, -0.15) is 0 Å². The monoisotopic (exact) mass is 234 g/mol. The van der Waals surface area contributed by atoms with Crippen molar-refractivity contribution in [1.29, 1.82) is 0 Å². The Labute approximate surface area is 103 Å². The van der Waals surface area contributed by atoms with Crippen molar-refractivity contribution in [2.45, 2.75) is 44.9 Å². The van der Waals surface area contributed by atoms with Crippen molar-refractivity contribution < 1.29 is 4.42 Å². The van der Waals surface area contributed by atoms with Crippen LogP contribution >= 0.6 is 0 Å². The molecular formula is C14H22N2O. The highest BCUT2D eigenvalue weighted by molar-refractivity contribution is 5.11. The maximum Gasteiger partial charge on any atom is 0.194 e. The van der Waals surface area contributed by atoms with Gasteiger partial charge in [0.05, 0.1) is 6.20 Å². The van der Waals surface area contributed by atoms with Crippen LogP contribution < -0.4 is 5.32 Å². The first kappa shape index (κ1) is 11.3. The Kier molecular flexibility index (Phi) is 3.19. The molecule has 2 atom stereocenters. The summed E-state index contributed by atoms with van der Waals surface area (Å²) in [6.45, 7) is 4.23. The van der Waals surface area contributed by atoms with Gasteiger partial charge in [-0.1, -0.05) is 6.92 Å². The molecule has 3 rings (SSSR count). The lowest BCUT2D eigenvalue weighted by Crippen LogP contribution is -2.14. The maximum atomic E-state index is 5.88. The number of aryl methyl sites for hydroxylation is 1. The number of hydrogen-bond acceptors (Lipinski definition) is 3. The highest BCUT2D eigenvalue weighted by atomic mass is 16.4. The molecule has 2 aliphatic rings. The number of nitrogens with one attached hydrogen (secondary N) is 1. The Morgan fingerprint density at radius 1 is 1.35 bits per heavy atom. The Morgan fingerprint density at radius 2 is 2.18 bits per heavy atom. The minimum Gasteiger partial charge on any atom is -0.445 e. The van der Waals surface area contributed by atoms with E-state index in [1.807, 2.05) is 6.20 Å². The Bertz CT molecular complexity index is 364. The zero-order chi connectivity index (χ0) is 11.7. The molecule has 17 heavy (non-hydrogen) atoms. The third kappa shape index (κ3) is 2.54. The van der Waals surface area contributed by atoms with Gasteiger partial charge in [-0.05, 0) is 50.6 Å². The fraction of sp³-hybridized carbons (Fsp3) is 0.786. The molecule has 0 amide bonds. The summed E-state index contributed by atoms with van der Waals surface area (Å²) in [5.74, 6) is 4.78. The number of rotatable bonds is 6. The molecule has 0 bridgehead atoms. The lowest BCUT2D eigenvalue weighted by atomic mass is 10.0. The summed E-state index contributed by atoms with van der Waals surface area (Å²) in [6.07, 6.45) is 8.21. The van der Waals surface area contributed by atoms with E-state index in [0.29, 0.717) is 5.92 Å². The van der Waals surface area contributed by atoms with Crippen molar-refractivity contribution in [1.82, 2.24) is 10.3 Å². The highest BCUT2D eigenvalue weighted by Crippen LogP contribution is 2.57. The fourth-order valence-corrected chi connectivity index (χ4v) is 3.12. The minimum atomic E-state index is 0.675. The Hall–Kier alpha value is -0.830. The molecule has 0 radical (unpaired) electrons. The number of fused-ring (bicyclic) bond motifs is 1. The summed E-state index contributed by atoms with van der Waals surface area (Å²) in [6, 6.07) is 0. The first-order chi connectivity index (χ1) is 8.36. The van der Waals surface area contributed by atoms with Crippen LogP contribution in [0.3, 0.4) is 0 Å². The van der Waals surface area contributed by atoms with Gasteiger partial charge in [0.15, 0.2) is 5.89 Å². The zero-order valence-electron chi connectivity index (χ0n) is 10.6. The van der Waals surface area contributed by atoms with Gasteiger partial charge in [-0.15, -0.1) is 0 Å². The van der Waals surface area contributed by atoms with E-state index in [4.69, 9.17) is 4.42 Å². The van der Waals surface area contributed by atoms with Crippen LogP contribution in [0, 0.1) is 11.8 Å². The zero-order valence-corrected chi connectivity index (χ0v) is 10.6. The standard InChI is InChI=1S/C14H22N2O/c1-2-15-5-3-4-14-16-9-13(17-14)12-7-10-6-11(10)8-12/h9-12,15H,2-8H2,1H3. The summed E-state index contributed by atoms with van der Waals surface area (Å²) < 4.78 is 5.88. The van der Waals surface area contributed by atoms with E-state index in [0.717, 1.165) is 49.4 Å². The van der Waals surface area contributed by atoms with Gasteiger partial charge in [0.1, 0.15) is 5.76 Å². The number of aromatic nitrogens is 1. The summed E-state index contributed by atoms with van der Waals surface area (Å²) in [7, 11) is 0. The molecule has 0 aliphatic heterocycles. The summed E-state index contributed by atoms with van der Waals surface area (Å²) in [4.78, 5) is 4.40. The molecule has 3 nitrogen and oxygen atoms in total. The van der Waals surface area contributed by atoms with E-state index >= 15 is 0 Å². The first-order valence-corrected chi connectivity index (χ1v) is 7.02. The van der Waals surface area contributed by atoms with Gasteiger partial charge < -0.3 is 9.73 Å². The predicted molar refractivity (Wildman–Crippen MR) is 66.9 cm³/mol. The average molecular weight is 234 g/mol. The summed E-state index contributed by atoms with van der Waals surface area (Å²) in [5, 5.41) is 3.32. The predicted octanol–water partition coefficient (Wildman–Crippen LogP) is 2.73. The van der Waals surface area contributed by atoms with Gasteiger partial charge in [-0.3, -0.25) is 0 Å². The van der Waals surface area contributed by atoms with Gasteiger partial charge in [-0.25, -0.2) is 4.98 Å². The van der Waals surface area contributed by atoms with E-state index in [2.05, 4.69) is 17.2 Å². The van der Waals surface area contributed by atoms with Crippen molar-refractivity contribution in [3.63, 3.8) is 0 Å². The lowest BCUT2D eigenvalue weighted by Gasteiger charge is -2.06. The van der Waals surface area contributed by atoms with Crippen LogP contribution in [0.25, 0.3) is 0 Å². The van der Waals surface area contributed by atoms with Crippen LogP contribution in [0.15, 0.2) is 10.6 Å². The normalized spacial score (nSPS) is 30.5. The lowest BCUT2D eigenvalue weighted by molar-refractivity contribution is 0.407. The molecule has 1 heterocycles. The summed E-state index contributed by atoms with van der Waals surface area (Å²) >= 11 is 0. The summed E-state index contributed by atoms with van der Waals surface area (Å²) in [5.41, 5.74) is 0. The van der Waals surface area contributed by atoms with Crippen LogP contribution in [-0.4, -0.2) is 18.1 Å². The largest absolute Gasteiger partial charge is 0.445 e. The second kappa shape index (κ2) is 4.81. The van der Waals surface area contributed by atoms with E-state index in [1.54, 1.807) is 0 Å². The fourth-order valence-electron chi connectivity index (χ4n) is 3.12. The third-order valence-corrected chi connectivity index (χ3v) is 4.21. The maximum absolute atomic E-state index is 5.88. The molecule has 1 aromatic rings. The van der Waals surface area contributed by atoms with Gasteiger partial charge in [0.2, 0.25) is 0 Å². The van der Waals surface area contributed by atoms with Crippen LogP contribution in [-0.2, 0) is 6.42 Å². The first-order valence-electron chi connectivity index (χ1n) is 7.02. The van der Waals surface area contributed by atoms with Crippen molar-refractivity contribution in [3.8, 4) is 0 Å². The third-order valence-electron chi connectivity index (χ3n) is 4.21. The van der Waals surface area contributed by atoms with Gasteiger partial charge in [0, 0.05) is 12.3 Å². The van der Waals surface area contributed by atoms with Crippen LogP contribution in [0.5, 0.6) is 0 Å². The van der Waals surface area contributed by atoms with Crippen LogP contribution in [0.4, 0.5) is 0 Å². The molecule has 3 heteroatoms. The quantitative estimate of drug-likeness (QED) is 0.769. The topological polar surface area (TPSA) is 38.1 Å². The van der Waals surface area contributed by atoms with Gasteiger partial charge >= 0.3 is 0 Å². The number of hydrogen-bond donors (Lipinski definition) is 1. The second-order valence-corrected chi connectivity index (χ2v) is 5.54. The molecule has 1 aromatic heterocycles. The molecule has 94 valence electrons. The van der Waals surface area contributed by atoms with E-state index in [1.165, 1.54) is 19.3 Å². The number of nitrogens with zero attached hydrogens (tertiary/aromatic N) is 1. The molecule has 0 aromatic carbocycles. The molecule has 0 spiro atoms. The molecule has 2 aliphatic carbocycles. The molecule has 2 fully saturated rings.